The number of pyridine rings is 1. The van der Waals surface area contributed by atoms with E-state index in [1.807, 2.05) is 0 Å². The van der Waals surface area contributed by atoms with Crippen LogP contribution < -0.4 is 9.94 Å². The van der Waals surface area contributed by atoms with Gasteiger partial charge in [0.15, 0.2) is 11.4 Å². The predicted octanol–water partition coefficient (Wildman–Crippen LogP) is 9.25. The highest BCUT2D eigenvalue weighted by atomic mass is 15.3. The molecular weight excluding hydrogens is 569 g/mol. The Hall–Kier alpha value is -6.13. The van der Waals surface area contributed by atoms with E-state index in [0.717, 1.165) is 0 Å². The summed E-state index contributed by atoms with van der Waals surface area (Å²) >= 11 is 0. The van der Waals surface area contributed by atoms with Crippen LogP contribution in [0.25, 0.3) is 87.7 Å². The molecule has 0 amide bonds. The molecule has 0 saturated carbocycles. The minimum Gasteiger partial charge on any atom is -0.429 e. The number of benzene rings is 7. The molecule has 5 heterocycles. The molecule has 3 nitrogen and oxygen atoms in total. The van der Waals surface area contributed by atoms with Gasteiger partial charge in [0.2, 0.25) is 0 Å². The van der Waals surface area contributed by atoms with E-state index in [2.05, 4.69) is 171 Å². The Balaban J connectivity index is 1.45. The fourth-order valence-corrected chi connectivity index (χ4v) is 9.75. The van der Waals surface area contributed by atoms with Gasteiger partial charge in [0.1, 0.15) is 0 Å². The van der Waals surface area contributed by atoms with E-state index in [1.54, 1.807) is 0 Å². The van der Waals surface area contributed by atoms with Gasteiger partial charge < -0.3 is 13.4 Å². The van der Waals surface area contributed by atoms with Crippen molar-refractivity contribution in [1.82, 2.24) is 8.96 Å². The molecule has 0 N–H and O–H groups in total. The van der Waals surface area contributed by atoms with Crippen LogP contribution in [-0.4, -0.2) is 15.5 Å². The number of hydrogen-bond acceptors (Lipinski definition) is 0. The number of aromatic nitrogens is 3. The molecule has 4 heteroatoms. The van der Waals surface area contributed by atoms with Gasteiger partial charge in [-0.15, -0.1) is 0 Å². The molecule has 216 valence electrons. The van der Waals surface area contributed by atoms with Crippen molar-refractivity contribution in [3.05, 3.63) is 158 Å². The molecule has 0 fully saturated rings. The first-order chi connectivity index (χ1) is 23.4. The van der Waals surface area contributed by atoms with E-state index in [-0.39, 0.29) is 0 Å². The van der Waals surface area contributed by atoms with E-state index < -0.39 is 6.55 Å². The molecule has 0 radical (unpaired) electrons. The second-order valence-electron chi connectivity index (χ2n) is 13.3. The first kappa shape index (κ1) is 24.2. The lowest BCUT2D eigenvalue weighted by molar-refractivity contribution is -0.526. The number of hydrogen-bond donors (Lipinski definition) is 0. The van der Waals surface area contributed by atoms with Crippen LogP contribution in [0.1, 0.15) is 0 Å². The van der Waals surface area contributed by atoms with Crippen molar-refractivity contribution in [3.8, 4) is 22.5 Å². The molecule has 47 heavy (non-hydrogen) atoms. The fourth-order valence-electron chi connectivity index (χ4n) is 9.75. The van der Waals surface area contributed by atoms with Crippen LogP contribution in [-0.2, 0) is 0 Å². The Bertz CT molecular complexity index is 2840. The molecule has 0 bridgehead atoms. The Morgan fingerprint density at radius 3 is 1.40 bits per heavy atom. The van der Waals surface area contributed by atoms with E-state index >= 15 is 0 Å². The zero-order chi connectivity index (χ0) is 30.4. The van der Waals surface area contributed by atoms with Crippen LogP contribution in [0.5, 0.6) is 0 Å². The largest absolute Gasteiger partial charge is 0.514 e. The standard InChI is InChI=1S/C43H26BN3/c1-2-13-29(14-3-1)44-45-36(32-17-8-19-34-40-30-15-6-4-11-27(30)23-25-38(40)46(44)42(32)34)21-10-22-37(45)33-18-9-20-35-41-31-16-7-5-12-28(31)24-26-39(41)47(44)43(33)35/h1-26H. The van der Waals surface area contributed by atoms with Gasteiger partial charge >= 0.3 is 6.55 Å². The van der Waals surface area contributed by atoms with Crippen molar-refractivity contribution in [3.63, 3.8) is 0 Å². The third kappa shape index (κ3) is 2.62. The minimum atomic E-state index is -1.84. The predicted molar refractivity (Wildman–Crippen MR) is 197 cm³/mol. The summed E-state index contributed by atoms with van der Waals surface area (Å²) in [4.78, 5) is 0. The molecule has 7 aromatic carbocycles. The Labute approximate surface area is 270 Å². The van der Waals surface area contributed by atoms with Crippen molar-refractivity contribution < 1.29 is 4.48 Å². The topological polar surface area (TPSA) is 13.7 Å². The Kier molecular flexibility index (Phi) is 4.20. The zero-order valence-electron chi connectivity index (χ0n) is 25.4. The quantitative estimate of drug-likeness (QED) is 0.168. The van der Waals surface area contributed by atoms with Gasteiger partial charge in [0, 0.05) is 55.7 Å². The molecule has 0 unspecified atom stereocenters. The van der Waals surface area contributed by atoms with Crippen LogP contribution in [0, 0.1) is 0 Å². The highest BCUT2D eigenvalue weighted by Crippen LogP contribution is 2.48. The second kappa shape index (κ2) is 8.17. The number of para-hydroxylation sites is 2. The molecule has 0 aliphatic carbocycles. The molecule has 3 aromatic heterocycles. The van der Waals surface area contributed by atoms with Crippen LogP contribution >= 0.6 is 0 Å². The van der Waals surface area contributed by atoms with Crippen molar-refractivity contribution >= 4 is 77.2 Å². The second-order valence-corrected chi connectivity index (χ2v) is 13.3. The van der Waals surface area contributed by atoms with E-state index in [9.17, 15) is 0 Å². The van der Waals surface area contributed by atoms with Crippen molar-refractivity contribution in [2.75, 3.05) is 0 Å². The van der Waals surface area contributed by atoms with Gasteiger partial charge in [-0.05, 0) is 51.9 Å². The zero-order valence-corrected chi connectivity index (χ0v) is 25.4. The molecule has 0 spiro atoms. The summed E-state index contributed by atoms with van der Waals surface area (Å²) in [5, 5.41) is 10.4. The fraction of sp³-hybridized carbons (Fsp3) is 0. The summed E-state index contributed by atoms with van der Waals surface area (Å²) in [6, 6.07) is 59.2. The first-order valence-corrected chi connectivity index (χ1v) is 16.5. The van der Waals surface area contributed by atoms with E-state index in [0.29, 0.717) is 0 Å². The summed E-state index contributed by atoms with van der Waals surface area (Å²) < 4.78 is 8.17. The van der Waals surface area contributed by atoms with Gasteiger partial charge in [-0.1, -0.05) is 121 Å². The average molecular weight is 596 g/mol. The molecule has 2 aliphatic rings. The lowest BCUT2D eigenvalue weighted by atomic mass is 9.48. The van der Waals surface area contributed by atoms with Gasteiger partial charge in [0.05, 0.1) is 11.1 Å². The molecule has 0 atom stereocenters. The maximum absolute atomic E-state index is 2.74. The summed E-state index contributed by atoms with van der Waals surface area (Å²) in [7, 11) is 0. The van der Waals surface area contributed by atoms with Gasteiger partial charge in [-0.3, -0.25) is 0 Å². The third-order valence-corrected chi connectivity index (χ3v) is 11.3. The lowest BCUT2D eigenvalue weighted by Gasteiger charge is -2.47. The maximum atomic E-state index is 2.74. The molecular formula is C43H26BN3. The molecule has 12 rings (SSSR count). The third-order valence-electron chi connectivity index (χ3n) is 11.3. The maximum Gasteiger partial charge on any atom is 0.514 e. The summed E-state index contributed by atoms with van der Waals surface area (Å²) in [5.41, 5.74) is 11.5. The normalized spacial score (nSPS) is 14.1. The summed E-state index contributed by atoms with van der Waals surface area (Å²) in [6.07, 6.45) is 0. The SMILES string of the molecule is c1ccc([B-]23n4c5ccc6ccccc6c5c5cccc(c54)-c4cccc([n+]42)-c2cccc4c5c6ccccc6ccc5n3c24)cc1. The monoisotopic (exact) mass is 595 g/mol. The van der Waals surface area contributed by atoms with Crippen molar-refractivity contribution in [1.29, 1.82) is 0 Å². The van der Waals surface area contributed by atoms with Crippen LogP contribution in [0.15, 0.2) is 158 Å². The molecule has 0 saturated heterocycles. The first-order valence-electron chi connectivity index (χ1n) is 16.5. The molecule has 2 aliphatic heterocycles. The summed E-state index contributed by atoms with van der Waals surface area (Å²) in [6.45, 7) is -1.84. The number of fused-ring (bicyclic) bond motifs is 14. The average Bonchev–Trinajstić information content (AvgIpc) is 3.68. The van der Waals surface area contributed by atoms with E-state index in [4.69, 9.17) is 0 Å². The van der Waals surface area contributed by atoms with E-state index in [1.165, 1.54) is 93.1 Å². The van der Waals surface area contributed by atoms with Crippen molar-refractivity contribution in [2.45, 2.75) is 0 Å². The summed E-state index contributed by atoms with van der Waals surface area (Å²) in [5.74, 6) is 0. The Morgan fingerprint density at radius 2 is 0.851 bits per heavy atom. The van der Waals surface area contributed by atoms with Gasteiger partial charge in [-0.2, -0.15) is 0 Å². The Morgan fingerprint density at radius 1 is 0.383 bits per heavy atom. The van der Waals surface area contributed by atoms with Gasteiger partial charge in [-0.25, -0.2) is 0 Å². The van der Waals surface area contributed by atoms with Crippen LogP contribution in [0.4, 0.5) is 0 Å². The lowest BCUT2D eigenvalue weighted by Crippen LogP contribution is -2.83. The van der Waals surface area contributed by atoms with Crippen molar-refractivity contribution in [2.24, 2.45) is 0 Å². The highest BCUT2D eigenvalue weighted by Gasteiger charge is 2.55. The number of nitrogens with zero attached hydrogens (tertiary/aromatic N) is 3. The minimum absolute atomic E-state index is 1.25. The van der Waals surface area contributed by atoms with Gasteiger partial charge in [0.25, 0.3) is 0 Å². The number of rotatable bonds is 1. The smallest absolute Gasteiger partial charge is 0.429 e. The molecule has 10 aromatic rings. The van der Waals surface area contributed by atoms with Crippen LogP contribution in [0.3, 0.4) is 0 Å². The van der Waals surface area contributed by atoms with Crippen LogP contribution in [0.2, 0.25) is 0 Å². The highest BCUT2D eigenvalue weighted by molar-refractivity contribution is 6.86.